The molecule has 0 saturated carbocycles. The van der Waals surface area contributed by atoms with Crippen LogP contribution in [0.15, 0.2) is 77.0 Å². The lowest BCUT2D eigenvalue weighted by Gasteiger charge is -2.25. The molecule has 0 amide bonds. The van der Waals surface area contributed by atoms with E-state index in [1.54, 1.807) is 6.20 Å². The second-order valence-electron chi connectivity index (χ2n) is 6.94. The van der Waals surface area contributed by atoms with Gasteiger partial charge in [-0.2, -0.15) is 0 Å². The molecule has 5 aliphatic carbocycles. The third-order valence-electron chi connectivity index (χ3n) is 4.95. The van der Waals surface area contributed by atoms with Crippen LogP contribution in [0.5, 0.6) is 0 Å². The van der Waals surface area contributed by atoms with Crippen molar-refractivity contribution < 1.29 is 9.53 Å². The summed E-state index contributed by atoms with van der Waals surface area (Å²) in [6.07, 6.45) is 9.08. The molecule has 0 fully saturated rings. The van der Waals surface area contributed by atoms with Gasteiger partial charge in [-0.1, -0.05) is 30.3 Å². The lowest BCUT2D eigenvalue weighted by molar-refractivity contribution is -0.142. The molecule has 2 aromatic rings. The zero-order chi connectivity index (χ0) is 18.6. The van der Waals surface area contributed by atoms with Gasteiger partial charge in [-0.15, -0.1) is 0 Å². The molecule has 1 atom stereocenters. The number of carbonyl (C=O) groups excluding carboxylic acids is 1. The van der Waals surface area contributed by atoms with Crippen LogP contribution in [0, 0.1) is 0 Å². The van der Waals surface area contributed by atoms with Crippen molar-refractivity contribution in [3.8, 4) is 0 Å². The number of allylic oxidation sites excluding steroid dienone is 2. The minimum absolute atomic E-state index is 0.262. The zero-order valence-electron chi connectivity index (χ0n) is 15.4. The number of hydrogen-bond donors (Lipinski definition) is 0. The number of aromatic nitrogens is 1. The summed E-state index contributed by atoms with van der Waals surface area (Å²) in [5.41, 5.74) is 5.69. The van der Waals surface area contributed by atoms with Gasteiger partial charge in [0.25, 0.3) is 0 Å². The molecule has 0 spiro atoms. The molecule has 1 unspecified atom stereocenters. The van der Waals surface area contributed by atoms with Gasteiger partial charge in [0.1, 0.15) is 6.10 Å². The zero-order valence-corrected chi connectivity index (χ0v) is 15.4. The van der Waals surface area contributed by atoms with E-state index < -0.39 is 0 Å². The Morgan fingerprint density at radius 2 is 1.78 bits per heavy atom. The SMILES string of the molecule is CC(=O)OC1C=C2CCc3ccc(cc3)CCC1=C/C2=N\c1ccccn1. The van der Waals surface area contributed by atoms with E-state index in [-0.39, 0.29) is 12.1 Å². The number of hydrogen-bond acceptors (Lipinski definition) is 4. The predicted octanol–water partition coefficient (Wildman–Crippen LogP) is 4.53. The Morgan fingerprint density at radius 3 is 2.44 bits per heavy atom. The second-order valence-corrected chi connectivity index (χ2v) is 6.94. The van der Waals surface area contributed by atoms with Gasteiger partial charge in [-0.25, -0.2) is 9.98 Å². The van der Waals surface area contributed by atoms with Crippen molar-refractivity contribution in [3.63, 3.8) is 0 Å². The van der Waals surface area contributed by atoms with Gasteiger partial charge in [-0.05, 0) is 72.2 Å². The molecule has 4 bridgehead atoms. The first-order valence-corrected chi connectivity index (χ1v) is 9.34. The van der Waals surface area contributed by atoms with Crippen molar-refractivity contribution in [2.24, 2.45) is 4.99 Å². The molecule has 5 aliphatic rings. The molecule has 4 nitrogen and oxygen atoms in total. The highest BCUT2D eigenvalue weighted by atomic mass is 16.5. The van der Waals surface area contributed by atoms with Crippen LogP contribution in [0.1, 0.15) is 30.9 Å². The van der Waals surface area contributed by atoms with Crippen LogP contribution in [0.3, 0.4) is 0 Å². The monoisotopic (exact) mass is 358 g/mol. The lowest BCUT2D eigenvalue weighted by atomic mass is 9.87. The Labute approximate surface area is 159 Å². The van der Waals surface area contributed by atoms with Crippen molar-refractivity contribution in [1.29, 1.82) is 0 Å². The molecule has 27 heavy (non-hydrogen) atoms. The Bertz CT molecular complexity index is 925. The Hall–Kier alpha value is -3.01. The van der Waals surface area contributed by atoms with E-state index in [0.29, 0.717) is 5.82 Å². The summed E-state index contributed by atoms with van der Waals surface area (Å²) in [5.74, 6) is 0.428. The fourth-order valence-electron chi connectivity index (χ4n) is 3.53. The first-order valence-electron chi connectivity index (χ1n) is 9.34. The van der Waals surface area contributed by atoms with Crippen LogP contribution < -0.4 is 0 Å². The summed E-state index contributed by atoms with van der Waals surface area (Å²) in [6.45, 7) is 1.46. The molecule has 0 N–H and O–H groups in total. The molecule has 1 aromatic carbocycles. The third kappa shape index (κ3) is 4.22. The number of aliphatic imine (C=N–C) groups is 1. The maximum atomic E-state index is 11.6. The van der Waals surface area contributed by atoms with Gasteiger partial charge >= 0.3 is 5.97 Å². The number of rotatable bonds is 2. The van der Waals surface area contributed by atoms with E-state index in [1.165, 1.54) is 18.1 Å². The number of nitrogens with zero attached hydrogens (tertiary/aromatic N) is 2. The Balaban J connectivity index is 1.75. The van der Waals surface area contributed by atoms with Crippen LogP contribution >= 0.6 is 0 Å². The lowest BCUT2D eigenvalue weighted by Crippen LogP contribution is -2.24. The fraction of sp³-hybridized carbons (Fsp3) is 0.261. The molecule has 0 aliphatic heterocycles. The number of carbonyl (C=O) groups is 1. The van der Waals surface area contributed by atoms with E-state index in [1.807, 2.05) is 18.2 Å². The molecule has 1 aromatic heterocycles. The highest BCUT2D eigenvalue weighted by Crippen LogP contribution is 2.28. The summed E-state index contributed by atoms with van der Waals surface area (Å²) in [7, 11) is 0. The van der Waals surface area contributed by atoms with Gasteiger partial charge in [0.05, 0.1) is 5.71 Å². The van der Waals surface area contributed by atoms with Gasteiger partial charge in [-0.3, -0.25) is 4.79 Å². The van der Waals surface area contributed by atoms with Gasteiger partial charge in [0.15, 0.2) is 5.82 Å². The highest BCUT2D eigenvalue weighted by Gasteiger charge is 2.24. The molecular formula is C23H22N2O2. The second kappa shape index (κ2) is 7.70. The molecule has 1 heterocycles. The van der Waals surface area contributed by atoms with Gasteiger partial charge in [0.2, 0.25) is 0 Å². The number of esters is 1. The van der Waals surface area contributed by atoms with Gasteiger partial charge in [0, 0.05) is 13.1 Å². The van der Waals surface area contributed by atoms with Crippen molar-refractivity contribution in [2.75, 3.05) is 0 Å². The molecule has 7 rings (SSSR count). The summed E-state index contributed by atoms with van der Waals surface area (Å²) in [6, 6.07) is 14.5. The number of aryl methyl sites for hydroxylation is 2. The summed E-state index contributed by atoms with van der Waals surface area (Å²) >= 11 is 0. The van der Waals surface area contributed by atoms with E-state index >= 15 is 0 Å². The molecule has 136 valence electrons. The van der Waals surface area contributed by atoms with E-state index in [2.05, 4.69) is 41.4 Å². The normalized spacial score (nSPS) is 20.5. The highest BCUT2D eigenvalue weighted by molar-refractivity contribution is 6.11. The maximum absolute atomic E-state index is 11.6. The Morgan fingerprint density at radius 1 is 1.04 bits per heavy atom. The first kappa shape index (κ1) is 17.4. The fourth-order valence-corrected chi connectivity index (χ4v) is 3.53. The average Bonchev–Trinajstić information content (AvgIpc) is 2.66. The van der Waals surface area contributed by atoms with Crippen molar-refractivity contribution >= 4 is 17.5 Å². The maximum Gasteiger partial charge on any atom is 0.303 e. The van der Waals surface area contributed by atoms with Crippen molar-refractivity contribution in [1.82, 2.24) is 4.98 Å². The smallest absolute Gasteiger partial charge is 0.303 e. The molecule has 0 radical (unpaired) electrons. The standard InChI is InChI=1S/C23H22N2O2/c1-16(26)27-22-15-19-11-9-17-5-7-18(8-6-17)10-12-20(22)14-21(19)25-23-4-2-3-13-24-23/h2-8,13-15,22H,9-12H2,1H3/b25-21+. The quantitative estimate of drug-likeness (QED) is 0.741. The summed E-state index contributed by atoms with van der Waals surface area (Å²) in [5, 5.41) is 0. The molecule has 0 saturated heterocycles. The topological polar surface area (TPSA) is 51.5 Å². The molecule has 4 heteroatoms. The van der Waals surface area contributed by atoms with Crippen LogP contribution in [0.25, 0.3) is 0 Å². The van der Waals surface area contributed by atoms with E-state index in [0.717, 1.165) is 42.5 Å². The number of pyridine rings is 1. The van der Waals surface area contributed by atoms with Crippen LogP contribution in [-0.2, 0) is 22.4 Å². The summed E-state index contributed by atoms with van der Waals surface area (Å²) in [4.78, 5) is 20.7. The number of benzene rings is 1. The van der Waals surface area contributed by atoms with Gasteiger partial charge < -0.3 is 4.74 Å². The van der Waals surface area contributed by atoms with E-state index in [9.17, 15) is 4.79 Å². The predicted molar refractivity (Wildman–Crippen MR) is 106 cm³/mol. The minimum Gasteiger partial charge on any atom is -0.454 e. The Kier molecular flexibility index (Phi) is 4.97. The van der Waals surface area contributed by atoms with Crippen LogP contribution in [0.2, 0.25) is 0 Å². The average molecular weight is 358 g/mol. The van der Waals surface area contributed by atoms with Crippen LogP contribution in [-0.4, -0.2) is 22.8 Å². The first-order chi connectivity index (χ1) is 13.2. The third-order valence-corrected chi connectivity index (χ3v) is 4.95. The van der Waals surface area contributed by atoms with Crippen LogP contribution in [0.4, 0.5) is 5.82 Å². The molecular weight excluding hydrogens is 336 g/mol. The van der Waals surface area contributed by atoms with Crippen molar-refractivity contribution in [3.05, 3.63) is 83.1 Å². The minimum atomic E-state index is -0.309. The number of ether oxygens (including phenoxy) is 1. The van der Waals surface area contributed by atoms with Crippen molar-refractivity contribution in [2.45, 2.75) is 38.7 Å². The largest absolute Gasteiger partial charge is 0.454 e. The van der Waals surface area contributed by atoms with E-state index in [4.69, 9.17) is 9.73 Å². The summed E-state index contributed by atoms with van der Waals surface area (Å²) < 4.78 is 5.60.